The number of benzene rings is 2. The van der Waals surface area contributed by atoms with E-state index in [1.54, 1.807) is 13.8 Å². The highest BCUT2D eigenvalue weighted by Gasteiger charge is 2.81. The first kappa shape index (κ1) is 33.7. The number of hydrogen-bond acceptors (Lipinski definition) is 2. The summed E-state index contributed by atoms with van der Waals surface area (Å²) in [4.78, 5) is 0. The van der Waals surface area contributed by atoms with Crippen LogP contribution in [0.1, 0.15) is 99.6 Å². The third kappa shape index (κ3) is 6.20. The lowest BCUT2D eigenvalue weighted by molar-refractivity contribution is -0.374. The molecule has 0 spiro atoms. The van der Waals surface area contributed by atoms with E-state index < -0.39 is 34.8 Å². The minimum atomic E-state index is -6.46. The highest BCUT2D eigenvalue weighted by atomic mass is 19.4. The summed E-state index contributed by atoms with van der Waals surface area (Å²) >= 11 is 0. The Morgan fingerprint density at radius 1 is 0.475 bits per heavy atom. The summed E-state index contributed by atoms with van der Waals surface area (Å²) in [5, 5.41) is 0. The number of rotatable bonds is 15. The zero-order chi connectivity index (χ0) is 30.5. The summed E-state index contributed by atoms with van der Waals surface area (Å²) in [5.74, 6) is -24.2. The molecule has 226 valence electrons. The standard InChI is InChI=1S/C30H40F8N2/c1-5-9-13-21-17-23(15-19(11-7-3)25(21)39)27(31,32)29(35,36)30(37,38)28(33,34)24-16-20(12-8-4)26(40)22(18-24)14-10-6-2/h15-18H,5-14,39-40H2,1-4H3. The third-order valence-electron chi connectivity index (χ3n) is 7.25. The molecule has 0 unspecified atom stereocenters. The SMILES string of the molecule is CCCCc1cc(C(F)(F)C(F)(F)C(F)(F)C(F)(F)c2cc(CCC)c(N)c(CCCC)c2)cc(CCC)c1N. The first-order valence-electron chi connectivity index (χ1n) is 13.9. The van der Waals surface area contributed by atoms with E-state index in [-0.39, 0.29) is 59.3 Å². The molecule has 0 heterocycles. The van der Waals surface area contributed by atoms with Crippen LogP contribution in [0.15, 0.2) is 24.3 Å². The van der Waals surface area contributed by atoms with E-state index in [9.17, 15) is 0 Å². The smallest absolute Gasteiger partial charge is 0.382 e. The Labute approximate surface area is 231 Å². The summed E-state index contributed by atoms with van der Waals surface area (Å²) in [6.07, 6.45) is 3.58. The van der Waals surface area contributed by atoms with E-state index in [1.165, 1.54) is 0 Å². The topological polar surface area (TPSA) is 52.0 Å². The van der Waals surface area contributed by atoms with Crippen molar-refractivity contribution in [3.8, 4) is 0 Å². The molecule has 0 aliphatic rings. The van der Waals surface area contributed by atoms with E-state index in [0.717, 1.165) is 0 Å². The van der Waals surface area contributed by atoms with Gasteiger partial charge in [0.25, 0.3) is 0 Å². The Morgan fingerprint density at radius 2 is 0.750 bits per heavy atom. The van der Waals surface area contributed by atoms with Gasteiger partial charge in [0.15, 0.2) is 0 Å². The highest BCUT2D eigenvalue weighted by molar-refractivity contribution is 5.58. The zero-order valence-corrected chi connectivity index (χ0v) is 23.6. The van der Waals surface area contributed by atoms with Crippen LogP contribution in [0.2, 0.25) is 0 Å². The molecular weight excluding hydrogens is 540 g/mol. The molecular formula is C30H40F8N2. The van der Waals surface area contributed by atoms with Crippen LogP contribution in [-0.2, 0) is 37.5 Å². The fourth-order valence-electron chi connectivity index (χ4n) is 4.78. The number of unbranched alkanes of at least 4 members (excludes halogenated alkanes) is 2. The molecule has 0 saturated carbocycles. The molecule has 0 radical (unpaired) electrons. The van der Waals surface area contributed by atoms with E-state index >= 15 is 35.1 Å². The molecule has 0 fully saturated rings. The predicted molar refractivity (Wildman–Crippen MR) is 145 cm³/mol. The second-order valence-electron chi connectivity index (χ2n) is 10.4. The van der Waals surface area contributed by atoms with Gasteiger partial charge in [0, 0.05) is 22.5 Å². The minimum Gasteiger partial charge on any atom is -0.398 e. The van der Waals surface area contributed by atoms with Gasteiger partial charge >= 0.3 is 23.7 Å². The van der Waals surface area contributed by atoms with Crippen molar-refractivity contribution in [2.24, 2.45) is 0 Å². The Morgan fingerprint density at radius 3 is 1.00 bits per heavy atom. The molecule has 40 heavy (non-hydrogen) atoms. The van der Waals surface area contributed by atoms with Gasteiger partial charge in [-0.2, -0.15) is 35.1 Å². The van der Waals surface area contributed by atoms with Crippen LogP contribution in [0, 0.1) is 0 Å². The molecule has 2 aromatic rings. The molecule has 2 nitrogen and oxygen atoms in total. The number of hydrogen-bond donors (Lipinski definition) is 2. The number of nitrogens with two attached hydrogens (primary N) is 2. The van der Waals surface area contributed by atoms with Gasteiger partial charge in [-0.25, -0.2) is 0 Å². The molecule has 0 saturated heterocycles. The largest absolute Gasteiger partial charge is 0.398 e. The van der Waals surface area contributed by atoms with Crippen molar-refractivity contribution < 1.29 is 35.1 Å². The van der Waals surface area contributed by atoms with Gasteiger partial charge in [-0.1, -0.05) is 53.4 Å². The first-order valence-corrected chi connectivity index (χ1v) is 13.9. The maximum absolute atomic E-state index is 15.4. The number of halogens is 8. The second-order valence-corrected chi connectivity index (χ2v) is 10.4. The van der Waals surface area contributed by atoms with Crippen molar-refractivity contribution in [3.63, 3.8) is 0 Å². The molecule has 0 bridgehead atoms. The van der Waals surface area contributed by atoms with Crippen molar-refractivity contribution in [3.05, 3.63) is 57.6 Å². The highest BCUT2D eigenvalue weighted by Crippen LogP contribution is 2.59. The van der Waals surface area contributed by atoms with Crippen molar-refractivity contribution in [1.29, 1.82) is 0 Å². The number of nitrogen functional groups attached to an aromatic ring is 2. The van der Waals surface area contributed by atoms with Crippen LogP contribution >= 0.6 is 0 Å². The molecule has 4 N–H and O–H groups in total. The quantitative estimate of drug-likeness (QED) is 0.163. The average molecular weight is 581 g/mol. The third-order valence-corrected chi connectivity index (χ3v) is 7.25. The van der Waals surface area contributed by atoms with Gasteiger partial charge in [0.2, 0.25) is 0 Å². The van der Waals surface area contributed by atoms with E-state index in [0.29, 0.717) is 62.8 Å². The number of alkyl halides is 8. The van der Waals surface area contributed by atoms with Gasteiger partial charge in [0.05, 0.1) is 0 Å². The fourth-order valence-corrected chi connectivity index (χ4v) is 4.78. The van der Waals surface area contributed by atoms with Gasteiger partial charge in [0.1, 0.15) is 0 Å². The molecule has 0 aliphatic heterocycles. The molecule has 0 atom stereocenters. The van der Waals surface area contributed by atoms with Crippen LogP contribution in [0.4, 0.5) is 46.5 Å². The number of aryl methyl sites for hydroxylation is 4. The van der Waals surface area contributed by atoms with Gasteiger partial charge in [-0.15, -0.1) is 0 Å². The van der Waals surface area contributed by atoms with Crippen molar-refractivity contribution in [2.75, 3.05) is 11.5 Å². The first-order chi connectivity index (χ1) is 18.5. The van der Waals surface area contributed by atoms with E-state index in [2.05, 4.69) is 0 Å². The zero-order valence-electron chi connectivity index (χ0n) is 23.6. The van der Waals surface area contributed by atoms with E-state index in [4.69, 9.17) is 11.5 Å². The summed E-state index contributed by atoms with van der Waals surface area (Å²) in [7, 11) is 0. The Hall–Kier alpha value is -2.52. The fraction of sp³-hybridized carbons (Fsp3) is 0.600. The molecule has 0 aliphatic carbocycles. The van der Waals surface area contributed by atoms with Crippen molar-refractivity contribution in [1.82, 2.24) is 0 Å². The van der Waals surface area contributed by atoms with Crippen LogP contribution < -0.4 is 11.5 Å². The molecule has 0 amide bonds. The average Bonchev–Trinajstić information content (AvgIpc) is 2.89. The molecule has 0 aromatic heterocycles. The maximum Gasteiger partial charge on any atom is 0.382 e. The molecule has 10 heteroatoms. The van der Waals surface area contributed by atoms with Crippen LogP contribution in [0.25, 0.3) is 0 Å². The lowest BCUT2D eigenvalue weighted by Gasteiger charge is -2.37. The Balaban J connectivity index is 2.70. The second kappa shape index (κ2) is 13.0. The molecule has 2 aromatic carbocycles. The lowest BCUT2D eigenvalue weighted by Crippen LogP contribution is -2.59. The van der Waals surface area contributed by atoms with E-state index in [1.807, 2.05) is 13.8 Å². The van der Waals surface area contributed by atoms with Gasteiger partial charge in [-0.3, -0.25) is 0 Å². The van der Waals surface area contributed by atoms with Crippen LogP contribution in [0.3, 0.4) is 0 Å². The maximum atomic E-state index is 15.4. The predicted octanol–water partition coefficient (Wildman–Crippen LogP) is 9.60. The summed E-state index contributed by atoms with van der Waals surface area (Å²) < 4.78 is 123. The van der Waals surface area contributed by atoms with Crippen molar-refractivity contribution >= 4 is 11.4 Å². The van der Waals surface area contributed by atoms with Crippen molar-refractivity contribution in [2.45, 2.75) is 116 Å². The number of anilines is 2. The minimum absolute atomic E-state index is 0.0833. The molecule has 2 rings (SSSR count). The van der Waals surface area contributed by atoms with Crippen LogP contribution in [-0.4, -0.2) is 11.8 Å². The summed E-state index contributed by atoms with van der Waals surface area (Å²) in [6.45, 7) is 7.03. The monoisotopic (exact) mass is 580 g/mol. The normalized spacial score (nSPS) is 13.2. The van der Waals surface area contributed by atoms with Gasteiger partial charge < -0.3 is 11.5 Å². The lowest BCUT2D eigenvalue weighted by atomic mass is 9.86. The Bertz CT molecular complexity index is 1060. The Kier molecular flexibility index (Phi) is 10.9. The summed E-state index contributed by atoms with van der Waals surface area (Å²) in [6, 6.07) is 2.53. The van der Waals surface area contributed by atoms with Crippen LogP contribution in [0.5, 0.6) is 0 Å². The van der Waals surface area contributed by atoms with Gasteiger partial charge in [-0.05, 0) is 85.0 Å². The summed E-state index contributed by atoms with van der Waals surface area (Å²) in [5.41, 5.74) is 9.74.